The highest BCUT2D eigenvalue weighted by atomic mass is 16.6. The number of alkyl carbamates (subject to hydrolysis) is 1. The largest absolute Gasteiger partial charge is 0.481 e. The van der Waals surface area contributed by atoms with Crippen LogP contribution in [-0.4, -0.2) is 42.0 Å². The summed E-state index contributed by atoms with van der Waals surface area (Å²) in [6.07, 6.45) is -0.0430. The van der Waals surface area contributed by atoms with E-state index in [1.165, 1.54) is 7.11 Å². The van der Waals surface area contributed by atoms with E-state index in [0.717, 1.165) is 0 Å². The average Bonchev–Trinajstić information content (AvgIpc) is 2.57. The first kappa shape index (κ1) is 14.8. The number of carboxylic acid groups (broad SMARTS) is 1. The Bertz CT molecular complexity index is 323. The fraction of sp³-hybridized carbons (Fsp3) is 0.833. The van der Waals surface area contributed by atoms with E-state index < -0.39 is 23.6 Å². The average molecular weight is 259 g/mol. The number of hydrogen-bond donors (Lipinski definition) is 2. The van der Waals surface area contributed by atoms with Crippen LogP contribution in [0.15, 0.2) is 0 Å². The first-order valence-corrected chi connectivity index (χ1v) is 5.98. The van der Waals surface area contributed by atoms with Gasteiger partial charge in [-0.05, 0) is 33.6 Å². The van der Waals surface area contributed by atoms with Gasteiger partial charge in [0.15, 0.2) is 0 Å². The zero-order valence-corrected chi connectivity index (χ0v) is 11.2. The summed E-state index contributed by atoms with van der Waals surface area (Å²) in [4.78, 5) is 22.5. The molecule has 0 aromatic rings. The van der Waals surface area contributed by atoms with Crippen molar-refractivity contribution in [1.82, 2.24) is 5.32 Å². The summed E-state index contributed by atoms with van der Waals surface area (Å²) >= 11 is 0. The first-order chi connectivity index (χ1) is 8.23. The van der Waals surface area contributed by atoms with Crippen molar-refractivity contribution in [3.63, 3.8) is 0 Å². The van der Waals surface area contributed by atoms with E-state index in [9.17, 15) is 9.59 Å². The minimum Gasteiger partial charge on any atom is -0.481 e. The van der Waals surface area contributed by atoms with Gasteiger partial charge in [-0.3, -0.25) is 4.79 Å². The summed E-state index contributed by atoms with van der Waals surface area (Å²) in [5, 5.41) is 11.6. The molecule has 0 spiro atoms. The van der Waals surface area contributed by atoms with E-state index in [4.69, 9.17) is 14.6 Å². The normalized spacial score (nSPS) is 27.9. The third kappa shape index (κ3) is 4.18. The van der Waals surface area contributed by atoms with Crippen LogP contribution in [0.25, 0.3) is 0 Å². The van der Waals surface area contributed by atoms with Gasteiger partial charge in [-0.15, -0.1) is 0 Å². The third-order valence-corrected chi connectivity index (χ3v) is 2.86. The molecule has 0 heterocycles. The van der Waals surface area contributed by atoms with E-state index in [-0.39, 0.29) is 12.1 Å². The topological polar surface area (TPSA) is 84.9 Å². The van der Waals surface area contributed by atoms with E-state index in [1.54, 1.807) is 20.8 Å². The number of hydrogen-bond acceptors (Lipinski definition) is 4. The van der Waals surface area contributed by atoms with E-state index in [2.05, 4.69) is 5.32 Å². The number of amides is 1. The molecule has 104 valence electrons. The second kappa shape index (κ2) is 5.56. The van der Waals surface area contributed by atoms with Gasteiger partial charge in [0.2, 0.25) is 0 Å². The fourth-order valence-electron chi connectivity index (χ4n) is 2.07. The van der Waals surface area contributed by atoms with E-state index in [0.29, 0.717) is 12.8 Å². The summed E-state index contributed by atoms with van der Waals surface area (Å²) in [7, 11) is 1.51. The van der Waals surface area contributed by atoms with Gasteiger partial charge in [-0.25, -0.2) is 4.79 Å². The lowest BCUT2D eigenvalue weighted by molar-refractivity contribution is -0.141. The Morgan fingerprint density at radius 2 is 1.89 bits per heavy atom. The zero-order chi connectivity index (χ0) is 13.9. The van der Waals surface area contributed by atoms with Gasteiger partial charge in [-0.2, -0.15) is 0 Å². The van der Waals surface area contributed by atoms with Gasteiger partial charge in [0.25, 0.3) is 0 Å². The summed E-state index contributed by atoms with van der Waals surface area (Å²) in [5.74, 6) is -1.33. The number of carbonyl (C=O) groups is 2. The highest BCUT2D eigenvalue weighted by Crippen LogP contribution is 2.28. The molecular weight excluding hydrogens is 238 g/mol. The number of nitrogens with one attached hydrogen (secondary N) is 1. The molecule has 1 saturated carbocycles. The lowest BCUT2D eigenvalue weighted by Gasteiger charge is -2.24. The lowest BCUT2D eigenvalue weighted by atomic mass is 10.1. The molecule has 1 aliphatic rings. The van der Waals surface area contributed by atoms with Crippen LogP contribution in [0.3, 0.4) is 0 Å². The highest BCUT2D eigenvalue weighted by Gasteiger charge is 2.39. The van der Waals surface area contributed by atoms with Crippen LogP contribution in [0.1, 0.15) is 33.6 Å². The van der Waals surface area contributed by atoms with Crippen molar-refractivity contribution >= 4 is 12.1 Å². The Morgan fingerprint density at radius 3 is 2.33 bits per heavy atom. The Kier molecular flexibility index (Phi) is 4.56. The molecule has 1 rings (SSSR count). The number of carbonyl (C=O) groups excluding carboxylic acids is 1. The van der Waals surface area contributed by atoms with Crippen molar-refractivity contribution in [2.24, 2.45) is 5.92 Å². The van der Waals surface area contributed by atoms with Crippen LogP contribution in [0, 0.1) is 5.92 Å². The Labute approximate surface area is 107 Å². The summed E-state index contributed by atoms with van der Waals surface area (Å²) in [6, 6.07) is -0.314. The second-order valence-electron chi connectivity index (χ2n) is 5.53. The number of carboxylic acids is 1. The van der Waals surface area contributed by atoms with Gasteiger partial charge in [0, 0.05) is 7.11 Å². The van der Waals surface area contributed by atoms with E-state index >= 15 is 0 Å². The van der Waals surface area contributed by atoms with Gasteiger partial charge in [0.05, 0.1) is 18.1 Å². The molecule has 6 heteroatoms. The quantitative estimate of drug-likeness (QED) is 0.800. The first-order valence-electron chi connectivity index (χ1n) is 5.98. The molecule has 0 aromatic carbocycles. The number of methoxy groups -OCH3 is 1. The summed E-state index contributed by atoms with van der Waals surface area (Å²) in [5.41, 5.74) is -0.572. The lowest BCUT2D eigenvalue weighted by Crippen LogP contribution is -2.43. The number of rotatable bonds is 3. The van der Waals surface area contributed by atoms with Crippen molar-refractivity contribution in [2.75, 3.05) is 7.11 Å². The Hall–Kier alpha value is -1.30. The van der Waals surface area contributed by atoms with Crippen molar-refractivity contribution in [3.8, 4) is 0 Å². The Balaban J connectivity index is 2.55. The Morgan fingerprint density at radius 1 is 1.28 bits per heavy atom. The minimum absolute atomic E-state index is 0.279. The molecule has 1 aliphatic carbocycles. The van der Waals surface area contributed by atoms with Crippen LogP contribution in [0.5, 0.6) is 0 Å². The summed E-state index contributed by atoms with van der Waals surface area (Å²) in [6.45, 7) is 5.32. The van der Waals surface area contributed by atoms with Gasteiger partial charge in [0.1, 0.15) is 5.60 Å². The highest BCUT2D eigenvalue weighted by molar-refractivity contribution is 5.72. The minimum atomic E-state index is -0.856. The molecule has 0 aromatic heterocycles. The molecule has 0 aliphatic heterocycles. The molecule has 0 saturated heterocycles. The fourth-order valence-corrected chi connectivity index (χ4v) is 2.07. The van der Waals surface area contributed by atoms with Crippen LogP contribution < -0.4 is 5.32 Å². The smallest absolute Gasteiger partial charge is 0.407 e. The molecular formula is C12H21NO5. The predicted octanol–water partition coefficient (Wildman–Crippen LogP) is 1.39. The maximum atomic E-state index is 11.6. The molecule has 3 atom stereocenters. The van der Waals surface area contributed by atoms with Crippen molar-refractivity contribution in [3.05, 3.63) is 0 Å². The summed E-state index contributed by atoms with van der Waals surface area (Å²) < 4.78 is 10.3. The SMILES string of the molecule is CO[C@@H]1C[C@H](C(=O)O)C[C@@H]1NC(=O)OC(C)(C)C. The molecule has 0 radical (unpaired) electrons. The van der Waals surface area contributed by atoms with Crippen LogP contribution in [0.4, 0.5) is 4.79 Å². The van der Waals surface area contributed by atoms with Crippen molar-refractivity contribution < 1.29 is 24.2 Å². The molecule has 0 bridgehead atoms. The maximum absolute atomic E-state index is 11.6. The molecule has 0 unspecified atom stereocenters. The van der Waals surface area contributed by atoms with Gasteiger partial charge >= 0.3 is 12.1 Å². The number of ether oxygens (including phenoxy) is 2. The van der Waals surface area contributed by atoms with Crippen LogP contribution >= 0.6 is 0 Å². The van der Waals surface area contributed by atoms with Crippen molar-refractivity contribution in [2.45, 2.75) is 51.4 Å². The van der Waals surface area contributed by atoms with Crippen LogP contribution in [-0.2, 0) is 14.3 Å². The van der Waals surface area contributed by atoms with Gasteiger partial charge < -0.3 is 19.9 Å². The molecule has 6 nitrogen and oxygen atoms in total. The van der Waals surface area contributed by atoms with Crippen LogP contribution in [0.2, 0.25) is 0 Å². The van der Waals surface area contributed by atoms with Crippen molar-refractivity contribution in [1.29, 1.82) is 0 Å². The van der Waals surface area contributed by atoms with E-state index in [1.807, 2.05) is 0 Å². The maximum Gasteiger partial charge on any atom is 0.407 e. The molecule has 2 N–H and O–H groups in total. The standard InChI is InChI=1S/C12H21NO5/c1-12(2,3)18-11(16)13-8-5-7(10(14)15)6-9(8)17-4/h7-9H,5-6H2,1-4H3,(H,13,16)(H,14,15)/t7-,8+,9-/m1/s1. The zero-order valence-electron chi connectivity index (χ0n) is 11.2. The second-order valence-corrected chi connectivity index (χ2v) is 5.53. The molecule has 18 heavy (non-hydrogen) atoms. The monoisotopic (exact) mass is 259 g/mol. The third-order valence-electron chi connectivity index (χ3n) is 2.86. The number of aliphatic carboxylic acids is 1. The molecule has 1 fully saturated rings. The molecule has 1 amide bonds. The van der Waals surface area contributed by atoms with Gasteiger partial charge in [-0.1, -0.05) is 0 Å². The predicted molar refractivity (Wildman–Crippen MR) is 64.3 cm³/mol.